The van der Waals surface area contributed by atoms with Gasteiger partial charge in [-0.1, -0.05) is 11.8 Å². The van der Waals surface area contributed by atoms with Crippen molar-refractivity contribution >= 4 is 33.5 Å². The molecule has 0 aliphatic carbocycles. The lowest BCUT2D eigenvalue weighted by Crippen LogP contribution is -2.45. The smallest absolute Gasteiger partial charge is 0.189 e. The van der Waals surface area contributed by atoms with Crippen molar-refractivity contribution in [1.82, 2.24) is 9.97 Å². The second-order valence-corrected chi connectivity index (χ2v) is 6.57. The molecule has 0 spiro atoms. The molecule has 1 aromatic rings. The molecule has 6 heteroatoms. The standard InChI is InChI=1S/C12H16BrN3OS/c1-18-12-14-6-10(13)11(15-12)16-7-2-3-8(16)5-9(17)4-7/h6-9,17H,2-5H2,1H3. The van der Waals surface area contributed by atoms with Gasteiger partial charge in [-0.05, 0) is 47.9 Å². The number of nitrogens with zero attached hydrogens (tertiary/aromatic N) is 3. The van der Waals surface area contributed by atoms with Crippen molar-refractivity contribution in [2.45, 2.75) is 49.0 Å². The van der Waals surface area contributed by atoms with Gasteiger partial charge in [0.15, 0.2) is 5.16 Å². The molecule has 98 valence electrons. The minimum absolute atomic E-state index is 0.139. The van der Waals surface area contributed by atoms with Crippen LogP contribution in [0.5, 0.6) is 0 Å². The molecule has 3 heterocycles. The van der Waals surface area contributed by atoms with Gasteiger partial charge >= 0.3 is 0 Å². The van der Waals surface area contributed by atoms with Crippen LogP contribution in [0.25, 0.3) is 0 Å². The van der Waals surface area contributed by atoms with Crippen LogP contribution in [0.4, 0.5) is 5.82 Å². The first kappa shape index (κ1) is 12.7. The lowest BCUT2D eigenvalue weighted by molar-refractivity contribution is 0.126. The van der Waals surface area contributed by atoms with E-state index in [4.69, 9.17) is 0 Å². The molecule has 1 aromatic heterocycles. The fourth-order valence-electron chi connectivity index (χ4n) is 3.12. The SMILES string of the molecule is CSc1ncc(Br)c(N2C3CCC2CC(O)C3)n1. The fourth-order valence-corrected chi connectivity index (χ4v) is 3.85. The van der Waals surface area contributed by atoms with Gasteiger partial charge in [-0.25, -0.2) is 9.97 Å². The number of aliphatic hydroxyl groups excluding tert-OH is 1. The topological polar surface area (TPSA) is 49.2 Å². The second kappa shape index (κ2) is 4.98. The van der Waals surface area contributed by atoms with Crippen LogP contribution in [-0.4, -0.2) is 39.5 Å². The minimum Gasteiger partial charge on any atom is -0.393 e. The van der Waals surface area contributed by atoms with Crippen molar-refractivity contribution in [2.75, 3.05) is 11.2 Å². The zero-order chi connectivity index (χ0) is 12.7. The molecule has 2 aliphatic rings. The highest BCUT2D eigenvalue weighted by Gasteiger charge is 2.41. The number of fused-ring (bicyclic) bond motifs is 2. The zero-order valence-electron chi connectivity index (χ0n) is 10.2. The third kappa shape index (κ3) is 2.14. The highest BCUT2D eigenvalue weighted by atomic mass is 79.9. The Hall–Kier alpha value is -0.330. The Bertz CT molecular complexity index is 445. The van der Waals surface area contributed by atoms with Crippen molar-refractivity contribution in [3.8, 4) is 0 Å². The molecule has 0 aromatic carbocycles. The Labute approximate surface area is 119 Å². The molecule has 1 N–H and O–H groups in total. The van der Waals surface area contributed by atoms with E-state index in [0.717, 1.165) is 41.1 Å². The first-order valence-electron chi connectivity index (χ1n) is 6.22. The molecular weight excluding hydrogens is 314 g/mol. The zero-order valence-corrected chi connectivity index (χ0v) is 12.6. The number of hydrogen-bond donors (Lipinski definition) is 1. The third-order valence-corrected chi connectivity index (χ3v) is 4.96. The maximum absolute atomic E-state index is 9.85. The largest absolute Gasteiger partial charge is 0.393 e. The van der Waals surface area contributed by atoms with E-state index in [0.29, 0.717) is 12.1 Å². The van der Waals surface area contributed by atoms with Gasteiger partial charge in [0.2, 0.25) is 0 Å². The van der Waals surface area contributed by atoms with E-state index in [1.54, 1.807) is 11.8 Å². The number of hydrogen-bond acceptors (Lipinski definition) is 5. The van der Waals surface area contributed by atoms with E-state index in [1.165, 1.54) is 0 Å². The van der Waals surface area contributed by atoms with E-state index in [9.17, 15) is 5.11 Å². The molecule has 2 bridgehead atoms. The van der Waals surface area contributed by atoms with Gasteiger partial charge in [0, 0.05) is 18.3 Å². The van der Waals surface area contributed by atoms with E-state index < -0.39 is 0 Å². The summed E-state index contributed by atoms with van der Waals surface area (Å²) in [4.78, 5) is 11.3. The van der Waals surface area contributed by atoms with Gasteiger partial charge in [-0.15, -0.1) is 0 Å². The van der Waals surface area contributed by atoms with E-state index in [-0.39, 0.29) is 6.10 Å². The number of aromatic nitrogens is 2. The van der Waals surface area contributed by atoms with Crippen molar-refractivity contribution < 1.29 is 5.11 Å². The predicted octanol–water partition coefficient (Wildman–Crippen LogP) is 2.45. The monoisotopic (exact) mass is 329 g/mol. The molecule has 2 saturated heterocycles. The molecule has 2 fully saturated rings. The molecule has 4 nitrogen and oxygen atoms in total. The molecule has 2 aliphatic heterocycles. The highest BCUT2D eigenvalue weighted by molar-refractivity contribution is 9.10. The lowest BCUT2D eigenvalue weighted by Gasteiger charge is -2.38. The summed E-state index contributed by atoms with van der Waals surface area (Å²) in [6.45, 7) is 0. The maximum atomic E-state index is 9.85. The van der Waals surface area contributed by atoms with Crippen LogP contribution >= 0.6 is 27.7 Å². The molecule has 2 unspecified atom stereocenters. The van der Waals surface area contributed by atoms with Crippen molar-refractivity contribution in [1.29, 1.82) is 0 Å². The highest BCUT2D eigenvalue weighted by Crippen LogP contribution is 2.41. The summed E-state index contributed by atoms with van der Waals surface area (Å²) in [7, 11) is 0. The van der Waals surface area contributed by atoms with Crippen molar-refractivity contribution in [3.63, 3.8) is 0 Å². The number of rotatable bonds is 2. The summed E-state index contributed by atoms with van der Waals surface area (Å²) in [5.41, 5.74) is 0. The van der Waals surface area contributed by atoms with Gasteiger partial charge in [-0.3, -0.25) is 0 Å². The molecule has 2 atom stereocenters. The molecule has 0 radical (unpaired) electrons. The summed E-state index contributed by atoms with van der Waals surface area (Å²) in [5.74, 6) is 0.994. The van der Waals surface area contributed by atoms with Crippen LogP contribution in [0.15, 0.2) is 15.8 Å². The minimum atomic E-state index is -0.139. The summed E-state index contributed by atoms with van der Waals surface area (Å²) in [6.07, 6.45) is 7.72. The quantitative estimate of drug-likeness (QED) is 0.667. The Morgan fingerprint density at radius 2 is 2.06 bits per heavy atom. The normalized spacial score (nSPS) is 30.8. The summed E-state index contributed by atoms with van der Waals surface area (Å²) in [6, 6.07) is 0.860. The Balaban J connectivity index is 1.95. The Morgan fingerprint density at radius 1 is 1.39 bits per heavy atom. The van der Waals surface area contributed by atoms with E-state index in [1.807, 2.05) is 12.5 Å². The molecule has 3 rings (SSSR count). The van der Waals surface area contributed by atoms with Crippen LogP contribution < -0.4 is 4.90 Å². The molecule has 0 amide bonds. The van der Waals surface area contributed by atoms with Crippen LogP contribution in [0.2, 0.25) is 0 Å². The van der Waals surface area contributed by atoms with Gasteiger partial charge in [-0.2, -0.15) is 0 Å². The molecule has 18 heavy (non-hydrogen) atoms. The second-order valence-electron chi connectivity index (χ2n) is 4.95. The summed E-state index contributed by atoms with van der Waals surface area (Å²) >= 11 is 5.11. The van der Waals surface area contributed by atoms with E-state index in [2.05, 4.69) is 30.8 Å². The van der Waals surface area contributed by atoms with Gasteiger partial charge in [0.05, 0.1) is 10.6 Å². The van der Waals surface area contributed by atoms with Gasteiger partial charge in [0.1, 0.15) is 5.82 Å². The lowest BCUT2D eigenvalue weighted by atomic mass is 10.00. The Morgan fingerprint density at radius 3 is 2.67 bits per heavy atom. The number of halogens is 1. The van der Waals surface area contributed by atoms with E-state index >= 15 is 0 Å². The number of aliphatic hydroxyl groups is 1. The third-order valence-electron chi connectivity index (χ3n) is 3.84. The first-order chi connectivity index (χ1) is 8.69. The van der Waals surface area contributed by atoms with Crippen LogP contribution in [-0.2, 0) is 0 Å². The molecule has 0 saturated carbocycles. The summed E-state index contributed by atoms with van der Waals surface area (Å²) < 4.78 is 0.952. The number of anilines is 1. The average molecular weight is 330 g/mol. The van der Waals surface area contributed by atoms with Crippen molar-refractivity contribution in [2.24, 2.45) is 0 Å². The first-order valence-corrected chi connectivity index (χ1v) is 8.23. The average Bonchev–Trinajstić information content (AvgIpc) is 2.63. The summed E-state index contributed by atoms with van der Waals surface area (Å²) in [5, 5.41) is 10.7. The van der Waals surface area contributed by atoms with Crippen molar-refractivity contribution in [3.05, 3.63) is 10.7 Å². The number of thioether (sulfide) groups is 1. The Kier molecular flexibility index (Phi) is 3.51. The van der Waals surface area contributed by atoms with Gasteiger partial charge in [0.25, 0.3) is 0 Å². The molecular formula is C12H16BrN3OS. The van der Waals surface area contributed by atoms with Gasteiger partial charge < -0.3 is 10.0 Å². The number of piperidine rings is 1. The fraction of sp³-hybridized carbons (Fsp3) is 0.667. The van der Waals surface area contributed by atoms with Crippen LogP contribution in [0.3, 0.4) is 0 Å². The predicted molar refractivity (Wildman–Crippen MR) is 76.0 cm³/mol. The van der Waals surface area contributed by atoms with Crippen LogP contribution in [0.1, 0.15) is 25.7 Å². The van der Waals surface area contributed by atoms with Crippen LogP contribution in [0, 0.1) is 0 Å². The maximum Gasteiger partial charge on any atom is 0.189 e.